The van der Waals surface area contributed by atoms with E-state index in [1.54, 1.807) is 0 Å². The van der Waals surface area contributed by atoms with Gasteiger partial charge in [0.2, 0.25) is 0 Å². The van der Waals surface area contributed by atoms with Crippen molar-refractivity contribution in [3.8, 4) is 0 Å². The molecule has 2 N–H and O–H groups in total. The highest BCUT2D eigenvalue weighted by molar-refractivity contribution is 7.09. The van der Waals surface area contributed by atoms with Gasteiger partial charge in [-0.3, -0.25) is 9.69 Å². The van der Waals surface area contributed by atoms with Crippen molar-refractivity contribution in [3.05, 3.63) is 52.0 Å². The average Bonchev–Trinajstić information content (AvgIpc) is 3.24. The minimum atomic E-state index is 0. The van der Waals surface area contributed by atoms with Crippen LogP contribution >= 0.6 is 23.7 Å². The van der Waals surface area contributed by atoms with Gasteiger partial charge in [0, 0.05) is 44.5 Å². The van der Waals surface area contributed by atoms with Crippen molar-refractivity contribution in [2.24, 2.45) is 5.73 Å². The Morgan fingerprint density at radius 3 is 2.88 bits per heavy atom. The first-order chi connectivity index (χ1) is 11.7. The number of rotatable bonds is 6. The molecule has 1 atom stereocenters. The first-order valence-electron chi connectivity index (χ1n) is 8.35. The summed E-state index contributed by atoms with van der Waals surface area (Å²) in [7, 11) is 1.89. The first-order valence-corrected chi connectivity index (χ1v) is 9.23. The Morgan fingerprint density at radius 1 is 1.40 bits per heavy atom. The number of nitrogens with zero attached hydrogens (tertiary/aromatic N) is 3. The maximum absolute atomic E-state index is 12.6. The summed E-state index contributed by atoms with van der Waals surface area (Å²) in [6.07, 6.45) is 1.74. The van der Waals surface area contributed by atoms with Crippen molar-refractivity contribution in [1.29, 1.82) is 0 Å². The van der Waals surface area contributed by atoms with Crippen LogP contribution in [0.1, 0.15) is 27.5 Å². The quantitative estimate of drug-likeness (QED) is 0.835. The molecule has 1 fully saturated rings. The van der Waals surface area contributed by atoms with Gasteiger partial charge in [-0.1, -0.05) is 30.3 Å². The molecular weight excluding hydrogens is 356 g/mol. The molecule has 0 spiro atoms. The largest absolute Gasteiger partial charge is 0.336 e. The lowest BCUT2D eigenvalue weighted by Gasteiger charge is -2.24. The van der Waals surface area contributed by atoms with Crippen LogP contribution in [0.3, 0.4) is 0 Å². The lowest BCUT2D eigenvalue weighted by atomic mass is 10.2. The first kappa shape index (κ1) is 19.8. The van der Waals surface area contributed by atoms with E-state index >= 15 is 0 Å². The number of thiazole rings is 1. The third kappa shape index (κ3) is 5.01. The minimum absolute atomic E-state index is 0. The molecule has 0 saturated carbocycles. The Balaban J connectivity index is 0.00000225. The van der Waals surface area contributed by atoms with Gasteiger partial charge >= 0.3 is 0 Å². The van der Waals surface area contributed by atoms with E-state index < -0.39 is 0 Å². The molecule has 0 aliphatic carbocycles. The summed E-state index contributed by atoms with van der Waals surface area (Å²) < 4.78 is 0. The van der Waals surface area contributed by atoms with Gasteiger partial charge in [0.1, 0.15) is 5.69 Å². The molecule has 2 heterocycles. The van der Waals surface area contributed by atoms with E-state index in [2.05, 4.69) is 34.1 Å². The molecule has 3 rings (SSSR count). The van der Waals surface area contributed by atoms with Crippen molar-refractivity contribution < 1.29 is 4.79 Å². The van der Waals surface area contributed by atoms with E-state index in [1.807, 2.05) is 23.4 Å². The second kappa shape index (κ2) is 9.29. The zero-order valence-electron chi connectivity index (χ0n) is 14.4. The average molecular weight is 381 g/mol. The second-order valence-electron chi connectivity index (χ2n) is 6.24. The normalized spacial score (nSPS) is 17.3. The summed E-state index contributed by atoms with van der Waals surface area (Å²) >= 11 is 1.52. The van der Waals surface area contributed by atoms with Crippen LogP contribution in [0.25, 0.3) is 0 Å². The Labute approximate surface area is 159 Å². The number of carbonyl (C=O) groups excluding carboxylic acids is 1. The van der Waals surface area contributed by atoms with Gasteiger partial charge in [0.15, 0.2) is 0 Å². The van der Waals surface area contributed by atoms with Crippen molar-refractivity contribution in [1.82, 2.24) is 14.8 Å². The van der Waals surface area contributed by atoms with Gasteiger partial charge in [0.25, 0.3) is 5.91 Å². The minimum Gasteiger partial charge on any atom is -0.336 e. The van der Waals surface area contributed by atoms with Crippen LogP contribution in [0.4, 0.5) is 0 Å². The van der Waals surface area contributed by atoms with Crippen LogP contribution in [-0.2, 0) is 13.0 Å². The van der Waals surface area contributed by atoms with Crippen LogP contribution < -0.4 is 5.73 Å². The summed E-state index contributed by atoms with van der Waals surface area (Å²) in [6, 6.07) is 10.7. The molecule has 136 valence electrons. The lowest BCUT2D eigenvalue weighted by Crippen LogP contribution is -2.39. The fourth-order valence-electron chi connectivity index (χ4n) is 3.11. The summed E-state index contributed by atoms with van der Waals surface area (Å²) in [5, 5.41) is 2.78. The summed E-state index contributed by atoms with van der Waals surface area (Å²) in [5.74, 6) is 0.0149. The number of hydrogen-bond acceptors (Lipinski definition) is 5. The van der Waals surface area contributed by atoms with Crippen LogP contribution in [-0.4, -0.2) is 53.4 Å². The molecule has 7 heteroatoms. The van der Waals surface area contributed by atoms with Crippen LogP contribution in [0, 0.1) is 0 Å². The smallest absolute Gasteiger partial charge is 0.273 e. The number of halogens is 1. The molecule has 1 amide bonds. The molecule has 1 aromatic carbocycles. The molecule has 1 saturated heterocycles. The number of carbonyl (C=O) groups is 1. The number of aromatic nitrogens is 1. The Kier molecular flexibility index (Phi) is 7.38. The number of likely N-dealkylation sites (N-methyl/N-ethyl adjacent to an activating group) is 1. The van der Waals surface area contributed by atoms with E-state index in [-0.39, 0.29) is 24.4 Å². The van der Waals surface area contributed by atoms with Crippen molar-refractivity contribution >= 4 is 29.7 Å². The zero-order chi connectivity index (χ0) is 16.9. The van der Waals surface area contributed by atoms with Crippen molar-refractivity contribution in [3.63, 3.8) is 0 Å². The summed E-state index contributed by atoms with van der Waals surface area (Å²) in [4.78, 5) is 21.3. The predicted octanol–water partition coefficient (Wildman–Crippen LogP) is 2.41. The molecule has 5 nitrogen and oxygen atoms in total. The van der Waals surface area contributed by atoms with E-state index in [0.717, 1.165) is 37.5 Å². The number of benzene rings is 1. The molecule has 2 aromatic rings. The SMILES string of the molecule is CN(C(=O)c1csc(CCN)n1)C1CCN(Cc2ccccc2)C1.Cl. The zero-order valence-corrected chi connectivity index (χ0v) is 16.1. The summed E-state index contributed by atoms with van der Waals surface area (Å²) in [6.45, 7) is 3.44. The van der Waals surface area contributed by atoms with Gasteiger partial charge in [-0.05, 0) is 18.5 Å². The summed E-state index contributed by atoms with van der Waals surface area (Å²) in [5.41, 5.74) is 7.42. The van der Waals surface area contributed by atoms with Crippen LogP contribution in [0.15, 0.2) is 35.7 Å². The molecular formula is C18H25ClN4OS. The molecule has 1 unspecified atom stereocenters. The molecule has 25 heavy (non-hydrogen) atoms. The molecule has 1 aliphatic heterocycles. The Bertz CT molecular complexity index is 679. The molecule has 1 aliphatic rings. The van der Waals surface area contributed by atoms with E-state index in [1.165, 1.54) is 16.9 Å². The van der Waals surface area contributed by atoms with E-state index in [9.17, 15) is 4.79 Å². The standard InChI is InChI=1S/C18H24N4OS.ClH/c1-21(18(23)16-13-24-17(20-16)7-9-19)15-8-10-22(12-15)11-14-5-3-2-4-6-14;/h2-6,13,15H,7-12,19H2,1H3;1H. The lowest BCUT2D eigenvalue weighted by molar-refractivity contribution is 0.0729. The highest BCUT2D eigenvalue weighted by Crippen LogP contribution is 2.20. The number of likely N-dealkylation sites (tertiary alicyclic amines) is 1. The number of hydrogen-bond donors (Lipinski definition) is 1. The maximum atomic E-state index is 12.6. The fraction of sp³-hybridized carbons (Fsp3) is 0.444. The van der Waals surface area contributed by atoms with Gasteiger partial charge < -0.3 is 10.6 Å². The van der Waals surface area contributed by atoms with Gasteiger partial charge in [0.05, 0.1) is 5.01 Å². The van der Waals surface area contributed by atoms with Crippen LogP contribution in [0.2, 0.25) is 0 Å². The number of amides is 1. The molecule has 0 radical (unpaired) electrons. The number of nitrogens with two attached hydrogens (primary N) is 1. The second-order valence-corrected chi connectivity index (χ2v) is 7.19. The van der Waals surface area contributed by atoms with Gasteiger partial charge in [-0.15, -0.1) is 23.7 Å². The highest BCUT2D eigenvalue weighted by Gasteiger charge is 2.29. The maximum Gasteiger partial charge on any atom is 0.273 e. The van der Waals surface area contributed by atoms with Gasteiger partial charge in [-0.2, -0.15) is 0 Å². The van der Waals surface area contributed by atoms with E-state index in [0.29, 0.717) is 12.2 Å². The fourth-order valence-corrected chi connectivity index (χ4v) is 3.90. The highest BCUT2D eigenvalue weighted by atomic mass is 35.5. The third-order valence-corrected chi connectivity index (χ3v) is 5.40. The topological polar surface area (TPSA) is 62.5 Å². The van der Waals surface area contributed by atoms with Crippen molar-refractivity contribution in [2.75, 3.05) is 26.7 Å². The van der Waals surface area contributed by atoms with Crippen LogP contribution in [0.5, 0.6) is 0 Å². The van der Waals surface area contributed by atoms with Gasteiger partial charge in [-0.25, -0.2) is 4.98 Å². The van der Waals surface area contributed by atoms with E-state index in [4.69, 9.17) is 5.73 Å². The third-order valence-electron chi connectivity index (χ3n) is 4.49. The van der Waals surface area contributed by atoms with Crippen molar-refractivity contribution in [2.45, 2.75) is 25.4 Å². The Hall–Kier alpha value is -1.47. The Morgan fingerprint density at radius 2 is 2.16 bits per heavy atom. The monoisotopic (exact) mass is 380 g/mol. The predicted molar refractivity (Wildman–Crippen MR) is 104 cm³/mol. The molecule has 1 aromatic heterocycles. The molecule has 0 bridgehead atoms.